The van der Waals surface area contributed by atoms with Crippen molar-refractivity contribution >= 4 is 33.1 Å². The average Bonchev–Trinajstić information content (AvgIpc) is 2.88. The fourth-order valence-corrected chi connectivity index (χ4v) is 3.10. The number of aromatic nitrogens is 2. The minimum Gasteiger partial charge on any atom is -0.369 e. The molecule has 0 aliphatic carbocycles. The van der Waals surface area contributed by atoms with Gasteiger partial charge in [-0.2, -0.15) is 0 Å². The van der Waals surface area contributed by atoms with Crippen LogP contribution in [0.5, 0.6) is 0 Å². The largest absolute Gasteiger partial charge is 0.369 e. The number of rotatable bonds is 6. The van der Waals surface area contributed by atoms with Gasteiger partial charge < -0.3 is 5.32 Å². The number of hydrogen-bond donors (Lipinski definition) is 1. The van der Waals surface area contributed by atoms with Crippen molar-refractivity contribution in [2.75, 3.05) is 11.9 Å². The number of hydrogen-bond acceptors (Lipinski definition) is 4. The summed E-state index contributed by atoms with van der Waals surface area (Å²) >= 11 is 5.36. The summed E-state index contributed by atoms with van der Waals surface area (Å²) in [7, 11) is 0. The Bertz CT molecular complexity index is 498. The summed E-state index contributed by atoms with van der Waals surface area (Å²) in [6.45, 7) is 5.10. The molecule has 0 spiro atoms. The Hall–Kier alpha value is -0.940. The molecule has 2 aromatic rings. The van der Waals surface area contributed by atoms with E-state index in [0.29, 0.717) is 0 Å². The zero-order chi connectivity index (χ0) is 13.7. The Balaban J connectivity index is 2.31. The zero-order valence-corrected chi connectivity index (χ0v) is 13.6. The first kappa shape index (κ1) is 14.5. The fourth-order valence-electron chi connectivity index (χ4n) is 1.88. The third-order valence-electron chi connectivity index (χ3n) is 2.71. The number of aryl methyl sites for hydroxylation is 1. The lowest BCUT2D eigenvalue weighted by atomic mass is 10.2. The molecule has 0 fully saturated rings. The lowest BCUT2D eigenvalue weighted by molar-refractivity contribution is 0.836. The molecule has 2 rings (SSSR count). The van der Waals surface area contributed by atoms with Crippen LogP contribution in [0.25, 0.3) is 0 Å². The fraction of sp³-hybridized carbons (Fsp3) is 0.429. The third-order valence-corrected chi connectivity index (χ3v) is 4.42. The average molecular weight is 340 g/mol. The Morgan fingerprint density at radius 3 is 2.79 bits per heavy atom. The highest BCUT2D eigenvalue weighted by Gasteiger charge is 2.12. The Kier molecular flexibility index (Phi) is 5.34. The molecule has 0 saturated carbocycles. The van der Waals surface area contributed by atoms with Crippen molar-refractivity contribution in [2.45, 2.75) is 33.1 Å². The molecular formula is C14H18BrN3S. The summed E-state index contributed by atoms with van der Waals surface area (Å²) in [6, 6.07) is 4.19. The quantitative estimate of drug-likeness (QED) is 0.853. The molecule has 0 aromatic carbocycles. The number of nitrogens with one attached hydrogen (secondary N) is 1. The van der Waals surface area contributed by atoms with Crippen LogP contribution >= 0.6 is 27.3 Å². The number of thiophene rings is 1. The standard InChI is InChI=1S/C14H18BrN3S/c1-3-6-11-13(15)14(16-4-2)18-12(17-11)9-10-7-5-8-19-10/h5,7-8H,3-4,6,9H2,1-2H3,(H,16,17,18). The minimum absolute atomic E-state index is 0.806. The predicted octanol–water partition coefficient (Wildman–Crippen LogP) is 4.28. The van der Waals surface area contributed by atoms with Crippen LogP contribution in [0.15, 0.2) is 22.0 Å². The summed E-state index contributed by atoms with van der Waals surface area (Å²) in [6.07, 6.45) is 2.86. The van der Waals surface area contributed by atoms with Crippen molar-refractivity contribution in [1.29, 1.82) is 0 Å². The van der Waals surface area contributed by atoms with Gasteiger partial charge >= 0.3 is 0 Å². The molecule has 2 aromatic heterocycles. The molecule has 0 aliphatic rings. The number of halogens is 1. The monoisotopic (exact) mass is 339 g/mol. The van der Waals surface area contributed by atoms with E-state index in [1.807, 2.05) is 0 Å². The zero-order valence-electron chi connectivity index (χ0n) is 11.2. The molecule has 0 unspecified atom stereocenters. The number of anilines is 1. The first-order valence-corrected chi connectivity index (χ1v) is 8.23. The van der Waals surface area contributed by atoms with Gasteiger partial charge in [-0.15, -0.1) is 11.3 Å². The van der Waals surface area contributed by atoms with Gasteiger partial charge in [0, 0.05) is 17.8 Å². The molecule has 0 aliphatic heterocycles. The van der Waals surface area contributed by atoms with E-state index in [-0.39, 0.29) is 0 Å². The summed E-state index contributed by atoms with van der Waals surface area (Å²) < 4.78 is 1.01. The second kappa shape index (κ2) is 7.01. The smallest absolute Gasteiger partial charge is 0.144 e. The van der Waals surface area contributed by atoms with Gasteiger partial charge in [-0.05, 0) is 40.7 Å². The van der Waals surface area contributed by atoms with Crippen LogP contribution in [0.4, 0.5) is 5.82 Å². The highest BCUT2D eigenvalue weighted by atomic mass is 79.9. The second-order valence-electron chi connectivity index (χ2n) is 4.29. The van der Waals surface area contributed by atoms with Crippen LogP contribution in [-0.2, 0) is 12.8 Å². The van der Waals surface area contributed by atoms with Crippen LogP contribution in [0, 0.1) is 0 Å². The predicted molar refractivity (Wildman–Crippen MR) is 85.0 cm³/mol. The molecule has 5 heteroatoms. The maximum Gasteiger partial charge on any atom is 0.144 e. The lowest BCUT2D eigenvalue weighted by Gasteiger charge is -2.11. The Morgan fingerprint density at radius 2 is 2.16 bits per heavy atom. The van der Waals surface area contributed by atoms with Crippen molar-refractivity contribution < 1.29 is 0 Å². The van der Waals surface area contributed by atoms with E-state index in [1.165, 1.54) is 4.88 Å². The SMILES string of the molecule is CCCc1nc(Cc2cccs2)nc(NCC)c1Br. The molecule has 0 atom stereocenters. The third kappa shape index (κ3) is 3.76. The van der Waals surface area contributed by atoms with E-state index in [4.69, 9.17) is 0 Å². The minimum atomic E-state index is 0.806. The van der Waals surface area contributed by atoms with Gasteiger partial charge in [-0.1, -0.05) is 19.4 Å². The highest BCUT2D eigenvalue weighted by molar-refractivity contribution is 9.10. The normalized spacial score (nSPS) is 10.7. The Labute approximate surface area is 126 Å². The van der Waals surface area contributed by atoms with Gasteiger partial charge in [0.2, 0.25) is 0 Å². The molecule has 0 saturated heterocycles. The van der Waals surface area contributed by atoms with Gasteiger partial charge in [-0.25, -0.2) is 9.97 Å². The topological polar surface area (TPSA) is 37.8 Å². The van der Waals surface area contributed by atoms with Crippen molar-refractivity contribution in [3.8, 4) is 0 Å². The lowest BCUT2D eigenvalue weighted by Crippen LogP contribution is -2.08. The van der Waals surface area contributed by atoms with Crippen molar-refractivity contribution in [1.82, 2.24) is 9.97 Å². The molecule has 3 nitrogen and oxygen atoms in total. The van der Waals surface area contributed by atoms with E-state index in [9.17, 15) is 0 Å². The summed E-state index contributed by atoms with van der Waals surface area (Å²) in [5, 5.41) is 5.39. The summed E-state index contributed by atoms with van der Waals surface area (Å²) in [5.41, 5.74) is 1.10. The molecule has 2 heterocycles. The van der Waals surface area contributed by atoms with Gasteiger partial charge in [0.15, 0.2) is 0 Å². The van der Waals surface area contributed by atoms with Crippen LogP contribution in [0.3, 0.4) is 0 Å². The second-order valence-corrected chi connectivity index (χ2v) is 6.11. The molecule has 0 amide bonds. The molecule has 0 radical (unpaired) electrons. The molecule has 19 heavy (non-hydrogen) atoms. The van der Waals surface area contributed by atoms with Gasteiger partial charge in [0.05, 0.1) is 10.2 Å². The van der Waals surface area contributed by atoms with E-state index in [0.717, 1.165) is 47.6 Å². The van der Waals surface area contributed by atoms with E-state index >= 15 is 0 Å². The van der Waals surface area contributed by atoms with E-state index in [1.54, 1.807) is 11.3 Å². The summed E-state index contributed by atoms with van der Waals surface area (Å²) in [4.78, 5) is 10.6. The molecule has 102 valence electrons. The summed E-state index contributed by atoms with van der Waals surface area (Å²) in [5.74, 6) is 1.80. The van der Waals surface area contributed by atoms with Gasteiger partial charge in [0.1, 0.15) is 11.6 Å². The highest BCUT2D eigenvalue weighted by Crippen LogP contribution is 2.25. The van der Waals surface area contributed by atoms with E-state index in [2.05, 4.69) is 62.6 Å². The van der Waals surface area contributed by atoms with Crippen LogP contribution < -0.4 is 5.32 Å². The molecule has 0 bridgehead atoms. The van der Waals surface area contributed by atoms with Crippen LogP contribution in [-0.4, -0.2) is 16.5 Å². The first-order valence-electron chi connectivity index (χ1n) is 6.56. The van der Waals surface area contributed by atoms with Gasteiger partial charge in [0.25, 0.3) is 0 Å². The van der Waals surface area contributed by atoms with Crippen LogP contribution in [0.2, 0.25) is 0 Å². The van der Waals surface area contributed by atoms with Crippen molar-refractivity contribution in [2.24, 2.45) is 0 Å². The van der Waals surface area contributed by atoms with E-state index < -0.39 is 0 Å². The van der Waals surface area contributed by atoms with Crippen molar-refractivity contribution in [3.05, 3.63) is 38.4 Å². The Morgan fingerprint density at radius 1 is 1.32 bits per heavy atom. The maximum atomic E-state index is 4.69. The van der Waals surface area contributed by atoms with Crippen LogP contribution in [0.1, 0.15) is 36.7 Å². The first-order chi connectivity index (χ1) is 9.24. The molecule has 1 N–H and O–H groups in total. The number of nitrogens with zero attached hydrogens (tertiary/aromatic N) is 2. The maximum absolute atomic E-state index is 4.69. The van der Waals surface area contributed by atoms with Gasteiger partial charge in [-0.3, -0.25) is 0 Å². The molecular weight excluding hydrogens is 322 g/mol. The van der Waals surface area contributed by atoms with Crippen molar-refractivity contribution in [3.63, 3.8) is 0 Å².